The summed E-state index contributed by atoms with van der Waals surface area (Å²) in [5, 5.41) is 18.5. The Morgan fingerprint density at radius 1 is 1.17 bits per heavy atom. The smallest absolute Gasteiger partial charge is 0.356 e. The summed E-state index contributed by atoms with van der Waals surface area (Å²) in [5.41, 5.74) is 0.416. The normalized spacial score (nSPS) is 10.7. The van der Waals surface area contributed by atoms with Crippen molar-refractivity contribution in [2.75, 3.05) is 7.11 Å². The van der Waals surface area contributed by atoms with Crippen molar-refractivity contribution in [2.45, 2.75) is 6.61 Å². The number of carboxylic acids is 1. The highest BCUT2D eigenvalue weighted by Gasteiger charge is 2.17. The number of fused-ring (bicyclic) bond motifs is 1. The van der Waals surface area contributed by atoms with Crippen molar-refractivity contribution < 1.29 is 24.5 Å². The summed E-state index contributed by atoms with van der Waals surface area (Å²) < 4.78 is 12.4. The zero-order chi connectivity index (χ0) is 16.4. The molecule has 0 amide bonds. The van der Waals surface area contributed by atoms with Crippen LogP contribution >= 0.6 is 0 Å². The standard InChI is InChI=1S/C16H14N2O5/c1-22-12-6-7-13-15(16(20)21)17-14(18(13)8-12)9-23-11-4-2-10(19)3-5-11/h2-8,19H,9H2,1H3,(H,20,21). The van der Waals surface area contributed by atoms with Crippen molar-refractivity contribution in [3.63, 3.8) is 0 Å². The molecular formula is C16H14N2O5. The van der Waals surface area contributed by atoms with Gasteiger partial charge in [-0.3, -0.25) is 4.40 Å². The topological polar surface area (TPSA) is 93.3 Å². The molecular weight excluding hydrogens is 300 g/mol. The highest BCUT2D eigenvalue weighted by molar-refractivity contribution is 5.93. The van der Waals surface area contributed by atoms with Crippen LogP contribution in [0.3, 0.4) is 0 Å². The number of phenolic OH excluding ortho intramolecular Hbond substituents is 1. The molecule has 2 N–H and O–H groups in total. The highest BCUT2D eigenvalue weighted by atomic mass is 16.5. The lowest BCUT2D eigenvalue weighted by atomic mass is 10.3. The van der Waals surface area contributed by atoms with Crippen molar-refractivity contribution in [3.05, 3.63) is 54.1 Å². The minimum atomic E-state index is -1.11. The van der Waals surface area contributed by atoms with Gasteiger partial charge in [0.2, 0.25) is 0 Å². The summed E-state index contributed by atoms with van der Waals surface area (Å²) in [5.74, 6) is 0.589. The third-order valence-electron chi connectivity index (χ3n) is 3.33. The van der Waals surface area contributed by atoms with Crippen molar-refractivity contribution in [2.24, 2.45) is 0 Å². The second kappa shape index (κ2) is 5.88. The second-order valence-electron chi connectivity index (χ2n) is 4.79. The average molecular weight is 314 g/mol. The number of aromatic carboxylic acids is 1. The third-order valence-corrected chi connectivity index (χ3v) is 3.33. The number of methoxy groups -OCH3 is 1. The maximum absolute atomic E-state index is 11.3. The molecule has 3 aromatic rings. The maximum atomic E-state index is 11.3. The van der Waals surface area contributed by atoms with E-state index < -0.39 is 5.97 Å². The number of carboxylic acid groups (broad SMARTS) is 1. The molecule has 0 aliphatic carbocycles. The first kappa shape index (κ1) is 14.7. The molecule has 3 rings (SSSR count). The van der Waals surface area contributed by atoms with Crippen LogP contribution in [0.5, 0.6) is 17.2 Å². The van der Waals surface area contributed by atoms with Gasteiger partial charge in [-0.25, -0.2) is 9.78 Å². The van der Waals surface area contributed by atoms with Gasteiger partial charge < -0.3 is 19.7 Å². The van der Waals surface area contributed by atoms with Gasteiger partial charge >= 0.3 is 5.97 Å². The Bertz CT molecular complexity index is 855. The van der Waals surface area contributed by atoms with Crippen LogP contribution in [-0.4, -0.2) is 32.7 Å². The summed E-state index contributed by atoms with van der Waals surface area (Å²) >= 11 is 0. The van der Waals surface area contributed by atoms with E-state index in [9.17, 15) is 15.0 Å². The van der Waals surface area contributed by atoms with Gasteiger partial charge in [0.05, 0.1) is 18.8 Å². The first-order valence-corrected chi connectivity index (χ1v) is 6.78. The SMILES string of the molecule is COc1ccc2c(C(=O)O)nc(COc3ccc(O)cc3)n2c1. The third kappa shape index (κ3) is 2.89. The molecule has 0 unspecified atom stereocenters. The summed E-state index contributed by atoms with van der Waals surface area (Å²) in [6, 6.07) is 9.55. The first-order chi connectivity index (χ1) is 11.1. The van der Waals surface area contributed by atoms with Crippen molar-refractivity contribution >= 4 is 11.5 Å². The van der Waals surface area contributed by atoms with Crippen LogP contribution in [-0.2, 0) is 6.61 Å². The molecule has 2 heterocycles. The number of hydrogen-bond acceptors (Lipinski definition) is 5. The van der Waals surface area contributed by atoms with E-state index in [0.29, 0.717) is 22.8 Å². The second-order valence-corrected chi connectivity index (χ2v) is 4.79. The quantitative estimate of drug-likeness (QED) is 0.751. The Hall–Kier alpha value is -3.22. The summed E-state index contributed by atoms with van der Waals surface area (Å²) in [6.45, 7) is 0.0758. The Balaban J connectivity index is 1.95. The van der Waals surface area contributed by atoms with Gasteiger partial charge in [0.15, 0.2) is 11.5 Å². The molecule has 0 aliphatic rings. The molecule has 7 heteroatoms. The monoisotopic (exact) mass is 314 g/mol. The van der Waals surface area contributed by atoms with Crippen molar-refractivity contribution in [1.29, 1.82) is 0 Å². The van der Waals surface area contributed by atoms with E-state index in [0.717, 1.165) is 0 Å². The van der Waals surface area contributed by atoms with Gasteiger partial charge in [0, 0.05) is 0 Å². The van der Waals surface area contributed by atoms with Gasteiger partial charge in [-0.1, -0.05) is 0 Å². The minimum absolute atomic E-state index is 0.0445. The average Bonchev–Trinajstić information content (AvgIpc) is 2.92. The molecule has 118 valence electrons. The predicted octanol–water partition coefficient (Wildman–Crippen LogP) is 2.33. The van der Waals surface area contributed by atoms with E-state index in [1.54, 1.807) is 34.9 Å². The van der Waals surface area contributed by atoms with Gasteiger partial charge in [0.1, 0.15) is 23.9 Å². The highest BCUT2D eigenvalue weighted by Crippen LogP contribution is 2.21. The molecule has 0 atom stereocenters. The van der Waals surface area contributed by atoms with E-state index >= 15 is 0 Å². The van der Waals surface area contributed by atoms with Crippen LogP contribution in [0.25, 0.3) is 5.52 Å². The lowest BCUT2D eigenvalue weighted by molar-refractivity contribution is 0.0693. The molecule has 1 aromatic carbocycles. The number of benzene rings is 1. The van der Waals surface area contributed by atoms with E-state index in [4.69, 9.17) is 9.47 Å². The largest absolute Gasteiger partial charge is 0.508 e. The number of rotatable bonds is 5. The number of carbonyl (C=O) groups is 1. The van der Waals surface area contributed by atoms with Crippen LogP contribution in [0.2, 0.25) is 0 Å². The maximum Gasteiger partial charge on any atom is 0.356 e. The van der Waals surface area contributed by atoms with E-state index in [-0.39, 0.29) is 18.1 Å². The molecule has 0 bridgehead atoms. The van der Waals surface area contributed by atoms with E-state index in [1.165, 1.54) is 19.2 Å². The zero-order valence-electron chi connectivity index (χ0n) is 12.3. The summed E-state index contributed by atoms with van der Waals surface area (Å²) in [4.78, 5) is 15.4. The molecule has 0 aliphatic heterocycles. The fraction of sp³-hybridized carbons (Fsp3) is 0.125. The van der Waals surface area contributed by atoms with E-state index in [1.807, 2.05) is 0 Å². The molecule has 23 heavy (non-hydrogen) atoms. The van der Waals surface area contributed by atoms with Gasteiger partial charge in [-0.2, -0.15) is 0 Å². The molecule has 0 spiro atoms. The number of nitrogens with zero attached hydrogens (tertiary/aromatic N) is 2. The number of imidazole rings is 1. The Morgan fingerprint density at radius 2 is 1.87 bits per heavy atom. The Kier molecular flexibility index (Phi) is 3.76. The van der Waals surface area contributed by atoms with Gasteiger partial charge in [0.25, 0.3) is 0 Å². The number of phenols is 1. The number of ether oxygens (including phenoxy) is 2. The summed E-state index contributed by atoms with van der Waals surface area (Å²) in [7, 11) is 1.53. The zero-order valence-corrected chi connectivity index (χ0v) is 12.3. The van der Waals surface area contributed by atoms with Crippen LogP contribution < -0.4 is 9.47 Å². The number of hydrogen-bond donors (Lipinski definition) is 2. The van der Waals surface area contributed by atoms with Crippen molar-refractivity contribution in [3.8, 4) is 17.2 Å². The first-order valence-electron chi connectivity index (χ1n) is 6.78. The predicted molar refractivity (Wildman–Crippen MR) is 81.1 cm³/mol. The molecule has 7 nitrogen and oxygen atoms in total. The molecule has 0 fully saturated rings. The fourth-order valence-electron chi connectivity index (χ4n) is 2.20. The summed E-state index contributed by atoms with van der Waals surface area (Å²) in [6.07, 6.45) is 1.66. The van der Waals surface area contributed by atoms with Crippen molar-refractivity contribution in [1.82, 2.24) is 9.38 Å². The van der Waals surface area contributed by atoms with Gasteiger partial charge in [-0.15, -0.1) is 0 Å². The Morgan fingerprint density at radius 3 is 2.52 bits per heavy atom. The molecule has 0 radical (unpaired) electrons. The van der Waals surface area contributed by atoms with Gasteiger partial charge in [-0.05, 0) is 36.4 Å². The van der Waals surface area contributed by atoms with Crippen LogP contribution in [0.4, 0.5) is 0 Å². The molecule has 2 aromatic heterocycles. The van der Waals surface area contributed by atoms with Crippen LogP contribution in [0.15, 0.2) is 42.6 Å². The van der Waals surface area contributed by atoms with Crippen LogP contribution in [0.1, 0.15) is 16.3 Å². The number of aromatic nitrogens is 2. The minimum Gasteiger partial charge on any atom is -0.508 e. The number of aromatic hydroxyl groups is 1. The lowest BCUT2D eigenvalue weighted by Crippen LogP contribution is -2.02. The lowest BCUT2D eigenvalue weighted by Gasteiger charge is -2.06. The fourth-order valence-corrected chi connectivity index (χ4v) is 2.20. The molecule has 0 saturated carbocycles. The number of pyridine rings is 1. The van der Waals surface area contributed by atoms with Crippen LogP contribution in [0, 0.1) is 0 Å². The Labute approximate surface area is 131 Å². The molecule has 0 saturated heterocycles. The van der Waals surface area contributed by atoms with E-state index in [2.05, 4.69) is 4.98 Å².